The van der Waals surface area contributed by atoms with Crippen LogP contribution < -0.4 is 4.90 Å². The van der Waals surface area contributed by atoms with Gasteiger partial charge in [-0.05, 0) is 142 Å². The molecule has 0 atom stereocenters. The van der Waals surface area contributed by atoms with Gasteiger partial charge in [0, 0.05) is 51.7 Å². The molecule has 7 heterocycles. The van der Waals surface area contributed by atoms with Crippen LogP contribution in [0.25, 0.3) is 92.2 Å². The molecule has 9 aromatic rings. The minimum absolute atomic E-state index is 0.806. The summed E-state index contributed by atoms with van der Waals surface area (Å²) in [6.45, 7) is 0. The minimum Gasteiger partial charge on any atom is -0.354 e. The van der Waals surface area contributed by atoms with Crippen molar-refractivity contribution in [2.45, 2.75) is 0 Å². The first-order chi connectivity index (χ1) is 31.6. The van der Waals surface area contributed by atoms with Gasteiger partial charge in [0.15, 0.2) is 0 Å². The topological polar surface area (TPSA) is 86.4 Å². The van der Waals surface area contributed by atoms with E-state index in [0.717, 1.165) is 111 Å². The monoisotopic (exact) mass is 887 g/mol. The Kier molecular flexibility index (Phi) is 10.2. The molecule has 0 unspecified atom stereocenters. The summed E-state index contributed by atoms with van der Waals surface area (Å²) in [4.78, 5) is 29.8. The summed E-state index contributed by atoms with van der Waals surface area (Å²) in [7, 11) is 0. The fraction of sp³-hybridized carbons (Fsp3) is 0. The molecule has 2 aliphatic heterocycles. The van der Waals surface area contributed by atoms with Crippen LogP contribution in [0.4, 0.5) is 17.1 Å². The van der Waals surface area contributed by atoms with Crippen molar-refractivity contribution < 1.29 is 0 Å². The van der Waals surface area contributed by atoms with Crippen molar-refractivity contribution in [2.75, 3.05) is 4.90 Å². The summed E-state index contributed by atoms with van der Waals surface area (Å²) in [6.07, 6.45) is 16.2. The zero-order chi connectivity index (χ0) is 42.8. The second kappa shape index (κ2) is 16.9. The molecule has 0 spiro atoms. The third kappa shape index (κ3) is 7.57. The molecule has 0 saturated heterocycles. The first-order valence-electron chi connectivity index (χ1n) is 21.1. The predicted molar refractivity (Wildman–Crippen MR) is 269 cm³/mol. The van der Waals surface area contributed by atoms with Crippen LogP contribution in [-0.4, -0.2) is 29.9 Å². The van der Waals surface area contributed by atoms with Crippen LogP contribution in [0.15, 0.2) is 187 Å². The van der Waals surface area contributed by atoms with Gasteiger partial charge in [-0.15, -0.1) is 0 Å². The lowest BCUT2D eigenvalue weighted by atomic mass is 10.0. The van der Waals surface area contributed by atoms with Crippen LogP contribution in [0.2, 0.25) is 0 Å². The molecule has 64 heavy (non-hydrogen) atoms. The Balaban J connectivity index is 1.03. The molecule has 0 amide bonds. The lowest BCUT2D eigenvalue weighted by Gasteiger charge is -2.25. The zero-order valence-electron chi connectivity index (χ0n) is 34.4. The van der Waals surface area contributed by atoms with E-state index in [1.54, 1.807) is 0 Å². The number of rotatable bonds is 8. The highest BCUT2D eigenvalue weighted by molar-refractivity contribution is 9.10. The van der Waals surface area contributed by atoms with Crippen LogP contribution >= 0.6 is 15.9 Å². The average Bonchev–Trinajstić information content (AvgIpc) is 4.21. The highest BCUT2D eigenvalue weighted by Crippen LogP contribution is 2.38. The lowest BCUT2D eigenvalue weighted by molar-refractivity contribution is 1.27. The molecule has 304 valence electrons. The van der Waals surface area contributed by atoms with Crippen molar-refractivity contribution in [3.8, 4) is 33.6 Å². The minimum atomic E-state index is 0.806. The van der Waals surface area contributed by atoms with E-state index < -0.39 is 0 Å². The lowest BCUT2D eigenvalue weighted by Crippen LogP contribution is -2.09. The summed E-state index contributed by atoms with van der Waals surface area (Å²) < 4.78 is 0.849. The van der Waals surface area contributed by atoms with Gasteiger partial charge in [0.2, 0.25) is 0 Å². The summed E-state index contributed by atoms with van der Waals surface area (Å²) >= 11 is 3.87. The Morgan fingerprint density at radius 1 is 0.391 bits per heavy atom. The number of benzene rings is 4. The van der Waals surface area contributed by atoms with Crippen molar-refractivity contribution in [3.63, 3.8) is 0 Å². The third-order valence-corrected chi connectivity index (χ3v) is 12.2. The van der Waals surface area contributed by atoms with E-state index >= 15 is 0 Å². The van der Waals surface area contributed by atoms with Crippen LogP contribution in [0.1, 0.15) is 33.9 Å². The maximum absolute atomic E-state index is 5.37. The van der Waals surface area contributed by atoms with Gasteiger partial charge in [-0.25, -0.2) is 9.97 Å². The molecule has 0 fully saturated rings. The summed E-state index contributed by atoms with van der Waals surface area (Å²) in [5, 5.41) is 0. The summed E-state index contributed by atoms with van der Waals surface area (Å²) in [5.74, 6) is 0. The van der Waals surface area contributed by atoms with E-state index in [4.69, 9.17) is 19.9 Å². The van der Waals surface area contributed by atoms with Gasteiger partial charge in [-0.2, -0.15) is 0 Å². The first kappa shape index (κ1) is 38.7. The van der Waals surface area contributed by atoms with E-state index in [-0.39, 0.29) is 0 Å². The molecule has 4 aromatic carbocycles. The summed E-state index contributed by atoms with van der Waals surface area (Å²) in [6, 6.07) is 58.6. The van der Waals surface area contributed by atoms with E-state index in [9.17, 15) is 0 Å². The van der Waals surface area contributed by atoms with Crippen molar-refractivity contribution in [1.29, 1.82) is 0 Å². The SMILES string of the molecule is Brc1c2nc(c(-c3ccccn3)c3ccc([nH]3)c(-c3ccc(/C=C/c4ccc(N(c5ccccc5)c5ccccc5)cc4)cc3)c3nc(c(-c4ccccn4)c4ccc1[nH]4)C=C3)C=C2. The average molecular weight is 889 g/mol. The number of para-hydroxylation sites is 2. The molecular formula is C56H38BrN7. The van der Waals surface area contributed by atoms with Crippen LogP contribution in [0.5, 0.6) is 0 Å². The van der Waals surface area contributed by atoms with E-state index in [2.05, 4.69) is 183 Å². The summed E-state index contributed by atoms with van der Waals surface area (Å²) in [5.41, 5.74) is 17.8. The molecule has 2 N–H and O–H groups in total. The molecule has 0 saturated carbocycles. The Morgan fingerprint density at radius 2 is 0.812 bits per heavy atom. The van der Waals surface area contributed by atoms with Gasteiger partial charge >= 0.3 is 0 Å². The molecule has 0 aliphatic carbocycles. The van der Waals surface area contributed by atoms with Crippen molar-refractivity contribution in [1.82, 2.24) is 29.9 Å². The predicted octanol–water partition coefficient (Wildman–Crippen LogP) is 14.8. The number of aromatic amines is 2. The Labute approximate surface area is 378 Å². The van der Waals surface area contributed by atoms with Crippen molar-refractivity contribution in [2.24, 2.45) is 0 Å². The smallest absolute Gasteiger partial charge is 0.0801 e. The van der Waals surface area contributed by atoms with Crippen LogP contribution in [-0.2, 0) is 0 Å². The van der Waals surface area contributed by atoms with E-state index in [1.807, 2.05) is 67.0 Å². The largest absolute Gasteiger partial charge is 0.354 e. The van der Waals surface area contributed by atoms with E-state index in [0.29, 0.717) is 0 Å². The number of aromatic nitrogens is 6. The normalized spacial score (nSPS) is 12.0. The molecule has 8 heteroatoms. The standard InChI is InChI=1S/C56H38BrN7/c57-56-51-33-31-49(62-51)54(43-15-7-9-35-58-43)47-29-27-45(60-47)53(46-28-30-48(61-46)55(44-16-8-10-36-59-44)50-32-34-52(56)63-50)39-23-19-37(20-24-39)17-18-38-21-25-42(26-22-38)64(40-11-3-1-4-12-40)41-13-5-2-6-14-41/h1-36,60,63H/b18-17+,53-45?,53-46?,54-47?,54-49?,55-48?,55-50?,56-51?,56-52?. The maximum Gasteiger partial charge on any atom is 0.0801 e. The van der Waals surface area contributed by atoms with Gasteiger partial charge in [-0.3, -0.25) is 9.97 Å². The number of hydrogen-bond donors (Lipinski definition) is 2. The van der Waals surface area contributed by atoms with E-state index in [1.165, 1.54) is 0 Å². The Morgan fingerprint density at radius 3 is 1.34 bits per heavy atom. The number of anilines is 3. The number of halogens is 1. The molecule has 0 radical (unpaired) electrons. The Hall–Kier alpha value is -8.20. The fourth-order valence-electron chi connectivity index (χ4n) is 8.32. The maximum atomic E-state index is 5.37. The number of nitrogens with one attached hydrogen (secondary N) is 2. The zero-order valence-corrected chi connectivity index (χ0v) is 36.0. The highest BCUT2D eigenvalue weighted by atomic mass is 79.9. The molecule has 8 bridgehead atoms. The highest BCUT2D eigenvalue weighted by Gasteiger charge is 2.19. The molecule has 11 rings (SSSR count). The van der Waals surface area contributed by atoms with Gasteiger partial charge in [-0.1, -0.05) is 97.1 Å². The second-order valence-electron chi connectivity index (χ2n) is 15.4. The molecule has 5 aromatic heterocycles. The van der Waals surface area contributed by atoms with Crippen LogP contribution in [0, 0.1) is 0 Å². The number of nitrogens with zero attached hydrogens (tertiary/aromatic N) is 5. The van der Waals surface area contributed by atoms with Crippen molar-refractivity contribution >= 4 is 91.5 Å². The number of hydrogen-bond acceptors (Lipinski definition) is 5. The van der Waals surface area contributed by atoms with Crippen molar-refractivity contribution in [3.05, 3.63) is 221 Å². The molecule has 2 aliphatic rings. The second-order valence-corrected chi connectivity index (χ2v) is 16.2. The van der Waals surface area contributed by atoms with Gasteiger partial charge in [0.1, 0.15) is 0 Å². The molecule has 7 nitrogen and oxygen atoms in total. The van der Waals surface area contributed by atoms with Gasteiger partial charge in [0.25, 0.3) is 0 Å². The fourth-order valence-corrected chi connectivity index (χ4v) is 8.78. The van der Waals surface area contributed by atoms with Crippen LogP contribution in [0.3, 0.4) is 0 Å². The number of pyridine rings is 2. The third-order valence-electron chi connectivity index (χ3n) is 11.4. The number of fused-ring (bicyclic) bond motifs is 8. The quantitative estimate of drug-likeness (QED) is 0.148. The number of H-pyrrole nitrogens is 2. The Bertz CT molecular complexity index is 3330. The van der Waals surface area contributed by atoms with Gasteiger partial charge in [0.05, 0.1) is 55.2 Å². The first-order valence-corrected chi connectivity index (χ1v) is 21.9. The van der Waals surface area contributed by atoms with Gasteiger partial charge < -0.3 is 14.9 Å². The molecular weight excluding hydrogens is 851 g/mol.